The molecule has 0 fully saturated rings. The number of esters is 1. The lowest BCUT2D eigenvalue weighted by atomic mass is 10.2. The van der Waals surface area contributed by atoms with Gasteiger partial charge in [0.25, 0.3) is 0 Å². The van der Waals surface area contributed by atoms with Crippen LogP contribution in [0.15, 0.2) is 18.5 Å². The molecule has 0 saturated carbocycles. The van der Waals surface area contributed by atoms with E-state index in [0.717, 1.165) is 0 Å². The van der Waals surface area contributed by atoms with Crippen molar-refractivity contribution in [2.24, 2.45) is 0 Å². The zero-order chi connectivity index (χ0) is 13.4. The largest absolute Gasteiger partial charge is 0.462 e. The number of anilines is 1. The Kier molecular flexibility index (Phi) is 5.63. The van der Waals surface area contributed by atoms with Gasteiger partial charge < -0.3 is 15.4 Å². The van der Waals surface area contributed by atoms with Gasteiger partial charge in [0.1, 0.15) is 0 Å². The minimum atomic E-state index is -0.393. The second-order valence-corrected chi connectivity index (χ2v) is 3.59. The average Bonchev–Trinajstić information content (AvgIpc) is 2.35. The van der Waals surface area contributed by atoms with E-state index < -0.39 is 5.97 Å². The molecule has 0 aliphatic heterocycles. The van der Waals surface area contributed by atoms with Crippen molar-refractivity contribution in [3.63, 3.8) is 0 Å². The van der Waals surface area contributed by atoms with E-state index >= 15 is 0 Å². The maximum Gasteiger partial charge on any atom is 0.339 e. The maximum atomic E-state index is 11.5. The summed E-state index contributed by atoms with van der Waals surface area (Å²) in [6, 6.07) is 1.67. The topological polar surface area (TPSA) is 80.3 Å². The summed E-state index contributed by atoms with van der Waals surface area (Å²) in [4.78, 5) is 26.1. The van der Waals surface area contributed by atoms with Gasteiger partial charge >= 0.3 is 5.97 Å². The van der Waals surface area contributed by atoms with Crippen LogP contribution in [0.2, 0.25) is 0 Å². The summed E-state index contributed by atoms with van der Waals surface area (Å²) in [5.41, 5.74) is 1.12. The van der Waals surface area contributed by atoms with Gasteiger partial charge in [0.05, 0.1) is 17.9 Å². The number of aromatic nitrogens is 1. The van der Waals surface area contributed by atoms with E-state index in [1.165, 1.54) is 13.1 Å². The van der Waals surface area contributed by atoms with Crippen molar-refractivity contribution < 1.29 is 14.3 Å². The monoisotopic (exact) mass is 251 g/mol. The molecule has 0 atom stereocenters. The number of ether oxygens (including phenoxy) is 1. The lowest BCUT2D eigenvalue weighted by Gasteiger charge is -2.07. The van der Waals surface area contributed by atoms with Gasteiger partial charge in [0.2, 0.25) is 5.91 Å². The molecule has 98 valence electrons. The number of nitrogens with zero attached hydrogens (tertiary/aromatic N) is 1. The summed E-state index contributed by atoms with van der Waals surface area (Å²) in [5.74, 6) is -0.467. The van der Waals surface area contributed by atoms with Gasteiger partial charge in [-0.1, -0.05) is 0 Å². The summed E-state index contributed by atoms with van der Waals surface area (Å²) in [5, 5.41) is 5.71. The first-order chi connectivity index (χ1) is 8.63. The first-order valence-corrected chi connectivity index (χ1v) is 5.74. The summed E-state index contributed by atoms with van der Waals surface area (Å²) in [6.07, 6.45) is 3.06. The van der Waals surface area contributed by atoms with Crippen LogP contribution in [-0.4, -0.2) is 36.6 Å². The molecule has 0 aliphatic rings. The molecule has 1 amide bonds. The second-order valence-electron chi connectivity index (χ2n) is 3.59. The van der Waals surface area contributed by atoms with Crippen molar-refractivity contribution in [2.75, 3.05) is 25.0 Å². The lowest BCUT2D eigenvalue weighted by Crippen LogP contribution is -2.26. The molecule has 0 saturated heterocycles. The van der Waals surface area contributed by atoms with Crippen LogP contribution in [0.25, 0.3) is 0 Å². The van der Waals surface area contributed by atoms with Crippen LogP contribution in [0.3, 0.4) is 0 Å². The number of rotatable bonds is 6. The van der Waals surface area contributed by atoms with E-state index in [0.29, 0.717) is 30.9 Å². The smallest absolute Gasteiger partial charge is 0.339 e. The molecule has 1 heterocycles. The third-order valence-corrected chi connectivity index (χ3v) is 2.08. The molecule has 0 aliphatic carbocycles. The number of amides is 1. The van der Waals surface area contributed by atoms with Crippen LogP contribution in [0.5, 0.6) is 0 Å². The fourth-order valence-electron chi connectivity index (χ4n) is 1.31. The van der Waals surface area contributed by atoms with Crippen molar-refractivity contribution in [1.82, 2.24) is 10.3 Å². The van der Waals surface area contributed by atoms with Crippen molar-refractivity contribution in [3.8, 4) is 0 Å². The molecule has 0 unspecified atom stereocenters. The predicted octanol–water partition coefficient (Wildman–Crippen LogP) is 0.806. The van der Waals surface area contributed by atoms with E-state index in [-0.39, 0.29) is 5.91 Å². The quantitative estimate of drug-likeness (QED) is 0.577. The highest BCUT2D eigenvalue weighted by molar-refractivity contribution is 5.90. The molecule has 1 aromatic heterocycles. The molecule has 6 nitrogen and oxygen atoms in total. The summed E-state index contributed by atoms with van der Waals surface area (Å²) < 4.78 is 4.88. The molecular formula is C12H17N3O3. The minimum absolute atomic E-state index is 0.0739. The molecule has 0 aromatic carbocycles. The lowest BCUT2D eigenvalue weighted by molar-refractivity contribution is -0.118. The Labute approximate surface area is 106 Å². The zero-order valence-electron chi connectivity index (χ0n) is 10.5. The van der Waals surface area contributed by atoms with Crippen LogP contribution in [0.4, 0.5) is 5.69 Å². The highest BCUT2D eigenvalue weighted by atomic mass is 16.5. The van der Waals surface area contributed by atoms with E-state index in [1.807, 2.05) is 0 Å². The van der Waals surface area contributed by atoms with Crippen LogP contribution < -0.4 is 10.6 Å². The van der Waals surface area contributed by atoms with Gasteiger partial charge in [-0.25, -0.2) is 4.79 Å². The molecule has 6 heteroatoms. The van der Waals surface area contributed by atoms with Gasteiger partial charge in [-0.15, -0.1) is 0 Å². The molecule has 1 rings (SSSR count). The summed E-state index contributed by atoms with van der Waals surface area (Å²) >= 11 is 0. The van der Waals surface area contributed by atoms with Crippen molar-refractivity contribution in [2.45, 2.75) is 13.8 Å². The number of carbonyl (C=O) groups excluding carboxylic acids is 2. The Hall–Kier alpha value is -2.11. The molecule has 0 bridgehead atoms. The number of hydrogen-bond acceptors (Lipinski definition) is 5. The van der Waals surface area contributed by atoms with Crippen LogP contribution in [-0.2, 0) is 9.53 Å². The zero-order valence-corrected chi connectivity index (χ0v) is 10.5. The Morgan fingerprint density at radius 3 is 2.78 bits per heavy atom. The average molecular weight is 251 g/mol. The number of carbonyl (C=O) groups is 2. The van der Waals surface area contributed by atoms with Gasteiger partial charge in [-0.2, -0.15) is 0 Å². The standard InChI is InChI=1S/C12H17N3O3/c1-3-18-12(17)10-6-11(8-13-7-10)15-5-4-14-9(2)16/h6-8,15H,3-5H2,1-2H3,(H,14,16). The third-order valence-electron chi connectivity index (χ3n) is 2.08. The highest BCUT2D eigenvalue weighted by Crippen LogP contribution is 2.09. The van der Waals surface area contributed by atoms with Gasteiger partial charge in [-0.05, 0) is 13.0 Å². The van der Waals surface area contributed by atoms with Gasteiger partial charge in [0.15, 0.2) is 0 Å². The van der Waals surface area contributed by atoms with E-state index in [4.69, 9.17) is 4.74 Å². The maximum absolute atomic E-state index is 11.5. The highest BCUT2D eigenvalue weighted by Gasteiger charge is 2.07. The third kappa shape index (κ3) is 4.82. The van der Waals surface area contributed by atoms with Crippen LogP contribution in [0.1, 0.15) is 24.2 Å². The fraction of sp³-hybridized carbons (Fsp3) is 0.417. The Balaban J connectivity index is 2.49. The molecule has 1 aromatic rings. The molecule has 0 radical (unpaired) electrons. The van der Waals surface area contributed by atoms with E-state index in [2.05, 4.69) is 15.6 Å². The van der Waals surface area contributed by atoms with E-state index in [9.17, 15) is 9.59 Å². The van der Waals surface area contributed by atoms with Gasteiger partial charge in [-0.3, -0.25) is 9.78 Å². The predicted molar refractivity (Wildman–Crippen MR) is 67.4 cm³/mol. The molecular weight excluding hydrogens is 234 g/mol. The molecule has 0 spiro atoms. The minimum Gasteiger partial charge on any atom is -0.462 e. The second kappa shape index (κ2) is 7.26. The Bertz CT molecular complexity index is 421. The van der Waals surface area contributed by atoms with Crippen molar-refractivity contribution in [1.29, 1.82) is 0 Å². The molecule has 18 heavy (non-hydrogen) atoms. The molecule has 2 N–H and O–H groups in total. The SMILES string of the molecule is CCOC(=O)c1cncc(NCCNC(C)=O)c1. The first kappa shape index (κ1) is 14.0. The first-order valence-electron chi connectivity index (χ1n) is 5.74. The Morgan fingerprint density at radius 2 is 2.11 bits per heavy atom. The number of hydrogen-bond donors (Lipinski definition) is 2. The normalized spacial score (nSPS) is 9.67. The van der Waals surface area contributed by atoms with E-state index in [1.54, 1.807) is 19.2 Å². The summed E-state index contributed by atoms with van der Waals surface area (Å²) in [7, 11) is 0. The van der Waals surface area contributed by atoms with Crippen LogP contribution in [0, 0.1) is 0 Å². The fourth-order valence-corrected chi connectivity index (χ4v) is 1.31. The van der Waals surface area contributed by atoms with Crippen molar-refractivity contribution in [3.05, 3.63) is 24.0 Å². The Morgan fingerprint density at radius 1 is 1.33 bits per heavy atom. The number of pyridine rings is 1. The van der Waals surface area contributed by atoms with Gasteiger partial charge in [0, 0.05) is 32.4 Å². The van der Waals surface area contributed by atoms with Crippen LogP contribution >= 0.6 is 0 Å². The van der Waals surface area contributed by atoms with Crippen molar-refractivity contribution >= 4 is 17.6 Å². The summed E-state index contributed by atoms with van der Waals surface area (Å²) in [6.45, 7) is 4.62. The number of nitrogens with one attached hydrogen (secondary N) is 2.